The van der Waals surface area contributed by atoms with Crippen molar-refractivity contribution in [3.05, 3.63) is 21.1 Å². The highest BCUT2D eigenvalue weighted by atomic mass is 32.1. The van der Waals surface area contributed by atoms with E-state index < -0.39 is 17.1 Å². The summed E-state index contributed by atoms with van der Waals surface area (Å²) in [7, 11) is 3.87. The van der Waals surface area contributed by atoms with E-state index in [2.05, 4.69) is 0 Å². The first-order chi connectivity index (χ1) is 9.79. The number of aliphatic hydroxyl groups is 2. The summed E-state index contributed by atoms with van der Waals surface area (Å²) < 4.78 is 0. The average molecular weight is 315 g/mol. The fourth-order valence-electron chi connectivity index (χ4n) is 2.67. The van der Waals surface area contributed by atoms with Crippen molar-refractivity contribution in [3.63, 3.8) is 0 Å². The molecule has 2 N–H and O–H groups in total. The first-order valence-electron chi connectivity index (χ1n) is 6.85. The van der Waals surface area contributed by atoms with E-state index in [4.69, 9.17) is 0 Å². The molecule has 0 radical (unpaired) electrons. The number of nitro groups is 1. The lowest BCUT2D eigenvalue weighted by Crippen LogP contribution is -2.37. The van der Waals surface area contributed by atoms with Crippen LogP contribution in [0.5, 0.6) is 0 Å². The Hall–Kier alpha value is -1.22. The summed E-state index contributed by atoms with van der Waals surface area (Å²) in [6.45, 7) is 2.70. The van der Waals surface area contributed by atoms with Gasteiger partial charge >= 0.3 is 5.69 Å². The van der Waals surface area contributed by atoms with Gasteiger partial charge in [-0.1, -0.05) is 0 Å². The molecule has 0 bridgehead atoms. The standard InChI is InChI=1S/C13H21N3O4S/c1-8(17)12-5-11(16(19)20)13(21-12)15-7-10(18)4-9(15)6-14(2)3/h5,8-10,17-18H,4,6-7H2,1-3H3/t8-,9?,10?/m0/s1. The molecule has 1 aromatic rings. The molecular weight excluding hydrogens is 294 g/mol. The molecule has 2 rings (SSSR count). The van der Waals surface area contributed by atoms with Gasteiger partial charge in [0.15, 0.2) is 5.00 Å². The minimum atomic E-state index is -0.734. The zero-order chi connectivity index (χ0) is 15.7. The molecule has 0 aliphatic carbocycles. The number of aliphatic hydroxyl groups excluding tert-OH is 2. The van der Waals surface area contributed by atoms with E-state index >= 15 is 0 Å². The van der Waals surface area contributed by atoms with Crippen molar-refractivity contribution in [2.24, 2.45) is 0 Å². The summed E-state index contributed by atoms with van der Waals surface area (Å²) >= 11 is 1.23. The van der Waals surface area contributed by atoms with Crippen molar-refractivity contribution >= 4 is 22.0 Å². The van der Waals surface area contributed by atoms with Gasteiger partial charge in [-0.15, -0.1) is 11.3 Å². The molecule has 0 saturated carbocycles. The van der Waals surface area contributed by atoms with Crippen LogP contribution in [-0.2, 0) is 0 Å². The number of hydrogen-bond donors (Lipinski definition) is 2. The highest BCUT2D eigenvalue weighted by Gasteiger charge is 2.36. The molecule has 8 heteroatoms. The van der Waals surface area contributed by atoms with Gasteiger partial charge in [0.05, 0.1) is 17.1 Å². The Kier molecular flexibility index (Phi) is 4.82. The van der Waals surface area contributed by atoms with Crippen LogP contribution < -0.4 is 4.90 Å². The predicted octanol–water partition coefficient (Wildman–Crippen LogP) is 1.21. The molecule has 2 heterocycles. The topological polar surface area (TPSA) is 90.1 Å². The molecule has 1 aromatic heterocycles. The summed E-state index contributed by atoms with van der Waals surface area (Å²) in [6, 6.07) is 1.47. The molecule has 1 fully saturated rings. The molecule has 0 spiro atoms. The van der Waals surface area contributed by atoms with Crippen molar-refractivity contribution in [2.45, 2.75) is 31.6 Å². The molecule has 1 aliphatic rings. The number of likely N-dealkylation sites (N-methyl/N-ethyl adjacent to an activating group) is 1. The summed E-state index contributed by atoms with van der Waals surface area (Å²) in [6.07, 6.45) is -0.619. The second kappa shape index (κ2) is 6.27. The average Bonchev–Trinajstić information content (AvgIpc) is 2.92. The molecule has 1 saturated heterocycles. The maximum Gasteiger partial charge on any atom is 0.304 e. The number of anilines is 1. The van der Waals surface area contributed by atoms with Crippen molar-refractivity contribution < 1.29 is 15.1 Å². The molecule has 21 heavy (non-hydrogen) atoms. The first kappa shape index (κ1) is 16.2. The van der Waals surface area contributed by atoms with Crippen LogP contribution >= 0.6 is 11.3 Å². The van der Waals surface area contributed by atoms with Crippen LogP contribution in [0, 0.1) is 10.1 Å². The second-order valence-electron chi connectivity index (χ2n) is 5.73. The summed E-state index contributed by atoms with van der Waals surface area (Å²) in [5.41, 5.74) is 0.00811. The van der Waals surface area contributed by atoms with Crippen LogP contribution in [-0.4, -0.2) is 59.4 Å². The Morgan fingerprint density at radius 3 is 2.81 bits per heavy atom. The highest BCUT2D eigenvalue weighted by molar-refractivity contribution is 7.16. The van der Waals surface area contributed by atoms with Gasteiger partial charge in [-0.2, -0.15) is 0 Å². The lowest BCUT2D eigenvalue weighted by molar-refractivity contribution is -0.383. The number of rotatable bonds is 5. The molecule has 7 nitrogen and oxygen atoms in total. The van der Waals surface area contributed by atoms with Crippen LogP contribution in [0.4, 0.5) is 10.7 Å². The highest BCUT2D eigenvalue weighted by Crippen LogP contribution is 2.42. The first-order valence-corrected chi connectivity index (χ1v) is 7.66. The summed E-state index contributed by atoms with van der Waals surface area (Å²) in [5, 5.41) is 31.4. The fourth-order valence-corrected chi connectivity index (χ4v) is 3.81. The summed E-state index contributed by atoms with van der Waals surface area (Å²) in [5.74, 6) is 0. The van der Waals surface area contributed by atoms with E-state index in [1.807, 2.05) is 23.9 Å². The minimum Gasteiger partial charge on any atom is -0.391 e. The fraction of sp³-hybridized carbons (Fsp3) is 0.692. The van der Waals surface area contributed by atoms with Gasteiger partial charge in [0.25, 0.3) is 0 Å². The number of thiophene rings is 1. The smallest absolute Gasteiger partial charge is 0.304 e. The second-order valence-corrected chi connectivity index (χ2v) is 6.79. The Labute approximate surface area is 127 Å². The molecule has 2 unspecified atom stereocenters. The third-order valence-electron chi connectivity index (χ3n) is 3.55. The molecular formula is C13H21N3O4S. The molecule has 118 valence electrons. The molecule has 0 amide bonds. The third kappa shape index (κ3) is 3.52. The van der Waals surface area contributed by atoms with E-state index in [0.29, 0.717) is 22.8 Å². The SMILES string of the molecule is C[C@H](O)c1cc([N+](=O)[O-])c(N2CC(O)CC2CN(C)C)s1. The monoisotopic (exact) mass is 315 g/mol. The van der Waals surface area contributed by atoms with Crippen LogP contribution in [0.3, 0.4) is 0 Å². The Morgan fingerprint density at radius 1 is 1.62 bits per heavy atom. The lowest BCUT2D eigenvalue weighted by Gasteiger charge is -2.26. The van der Waals surface area contributed by atoms with Gasteiger partial charge in [0, 0.05) is 30.1 Å². The van der Waals surface area contributed by atoms with Gasteiger partial charge in [-0.25, -0.2) is 0 Å². The van der Waals surface area contributed by atoms with Crippen molar-refractivity contribution in [3.8, 4) is 0 Å². The zero-order valence-corrected chi connectivity index (χ0v) is 13.2. The van der Waals surface area contributed by atoms with E-state index in [-0.39, 0.29) is 11.7 Å². The quantitative estimate of drug-likeness (QED) is 0.627. The van der Waals surface area contributed by atoms with Crippen molar-refractivity contribution in [1.82, 2.24) is 4.90 Å². The lowest BCUT2D eigenvalue weighted by atomic mass is 10.2. The van der Waals surface area contributed by atoms with Crippen LogP contribution in [0.15, 0.2) is 6.07 Å². The van der Waals surface area contributed by atoms with E-state index in [0.717, 1.165) is 6.54 Å². The van der Waals surface area contributed by atoms with E-state index in [9.17, 15) is 20.3 Å². The maximum atomic E-state index is 11.3. The van der Waals surface area contributed by atoms with Gasteiger partial charge < -0.3 is 20.0 Å². The van der Waals surface area contributed by atoms with Crippen molar-refractivity contribution in [1.29, 1.82) is 0 Å². The summed E-state index contributed by atoms with van der Waals surface area (Å²) in [4.78, 5) is 15.3. The van der Waals surface area contributed by atoms with Gasteiger partial charge in [-0.3, -0.25) is 10.1 Å². The third-order valence-corrected chi connectivity index (χ3v) is 4.88. The minimum absolute atomic E-state index is 0.00811. The predicted molar refractivity (Wildman–Crippen MR) is 81.9 cm³/mol. The van der Waals surface area contributed by atoms with Crippen LogP contribution in [0.1, 0.15) is 24.3 Å². The molecule has 3 atom stereocenters. The largest absolute Gasteiger partial charge is 0.391 e. The van der Waals surface area contributed by atoms with Gasteiger partial charge in [-0.05, 0) is 27.4 Å². The molecule has 1 aliphatic heterocycles. The maximum absolute atomic E-state index is 11.3. The van der Waals surface area contributed by atoms with Crippen LogP contribution in [0.2, 0.25) is 0 Å². The van der Waals surface area contributed by atoms with E-state index in [1.165, 1.54) is 17.4 Å². The Balaban J connectivity index is 2.36. The zero-order valence-electron chi connectivity index (χ0n) is 12.4. The number of β-amino-alcohol motifs (C(OH)–C–C–N with tert-alkyl or cyclic N) is 1. The normalized spacial score (nSPS) is 23.8. The van der Waals surface area contributed by atoms with E-state index in [1.54, 1.807) is 6.92 Å². The Bertz CT molecular complexity index is 518. The van der Waals surface area contributed by atoms with Crippen molar-refractivity contribution in [2.75, 3.05) is 32.1 Å². The van der Waals surface area contributed by atoms with Crippen LogP contribution in [0.25, 0.3) is 0 Å². The van der Waals surface area contributed by atoms with Gasteiger partial charge in [0.2, 0.25) is 0 Å². The number of hydrogen-bond acceptors (Lipinski definition) is 7. The van der Waals surface area contributed by atoms with Gasteiger partial charge in [0.1, 0.15) is 0 Å². The Morgan fingerprint density at radius 2 is 2.29 bits per heavy atom. The number of nitrogens with zero attached hydrogens (tertiary/aromatic N) is 3. The molecule has 0 aromatic carbocycles.